The van der Waals surface area contributed by atoms with Gasteiger partial charge in [-0.25, -0.2) is 4.98 Å². The zero-order valence-electron chi connectivity index (χ0n) is 14.3. The zero-order chi connectivity index (χ0) is 19.0. The maximum Gasteiger partial charge on any atom is 0.269 e. The third-order valence-corrected chi connectivity index (χ3v) is 4.34. The molecule has 0 amide bonds. The van der Waals surface area contributed by atoms with Crippen molar-refractivity contribution in [3.05, 3.63) is 93.1 Å². The summed E-state index contributed by atoms with van der Waals surface area (Å²) in [4.78, 5) is 32.7. The number of oxime groups is 1. The molecular formula is C19H14N4O4. The van der Waals surface area contributed by atoms with Crippen LogP contribution >= 0.6 is 0 Å². The molecule has 1 aromatic heterocycles. The number of aryl methyl sites for hydroxylation is 1. The largest absolute Gasteiger partial charge is 0.390 e. The van der Waals surface area contributed by atoms with Gasteiger partial charge in [-0.15, -0.1) is 0 Å². The summed E-state index contributed by atoms with van der Waals surface area (Å²) in [6.45, 7) is 0.139. The Balaban J connectivity index is 1.64. The molecule has 8 heteroatoms. The average molecular weight is 362 g/mol. The summed E-state index contributed by atoms with van der Waals surface area (Å²) < 4.78 is 1.67. The number of hydrogen-bond acceptors (Lipinski definition) is 6. The van der Waals surface area contributed by atoms with Crippen LogP contribution in [0.3, 0.4) is 0 Å². The number of carbonyl (C=O) groups excluding carboxylic acids is 1. The Hall–Kier alpha value is -3.81. The van der Waals surface area contributed by atoms with Crippen molar-refractivity contribution in [1.82, 2.24) is 9.55 Å². The third-order valence-electron chi connectivity index (χ3n) is 4.34. The number of nitro groups is 1. The van der Waals surface area contributed by atoms with E-state index >= 15 is 0 Å². The Kier molecular flexibility index (Phi) is 4.00. The van der Waals surface area contributed by atoms with Crippen molar-refractivity contribution in [3.8, 4) is 0 Å². The van der Waals surface area contributed by atoms with Crippen LogP contribution in [-0.4, -0.2) is 26.0 Å². The van der Waals surface area contributed by atoms with E-state index in [0.717, 1.165) is 5.56 Å². The lowest BCUT2D eigenvalue weighted by molar-refractivity contribution is -0.384. The summed E-state index contributed by atoms with van der Waals surface area (Å²) in [5.74, 6) is -0.102. The van der Waals surface area contributed by atoms with Crippen molar-refractivity contribution < 1.29 is 14.6 Å². The number of non-ortho nitro benzene ring substituents is 1. The molecule has 0 saturated heterocycles. The lowest BCUT2D eigenvalue weighted by Crippen LogP contribution is -2.23. The summed E-state index contributed by atoms with van der Waals surface area (Å²) in [5.41, 5.74) is 3.40. The SMILES string of the molecule is Cn1cnc2c1C(=O)c1ccccc1C2=NOCc1ccc([N+](=O)[O-])cc1. The minimum Gasteiger partial charge on any atom is -0.390 e. The first kappa shape index (κ1) is 16.6. The number of hydrogen-bond donors (Lipinski definition) is 0. The lowest BCUT2D eigenvalue weighted by atomic mass is 9.89. The standard InChI is InChI=1S/C19H14N4O4/c1-22-11-20-17-16(14-4-2-3-5-15(14)19(24)18(17)22)21-27-10-12-6-8-13(9-7-12)23(25)26/h2-9,11H,10H2,1H3. The molecule has 2 aromatic carbocycles. The molecule has 0 bridgehead atoms. The maximum absolute atomic E-state index is 12.7. The molecule has 1 heterocycles. The Morgan fingerprint density at radius 1 is 1.15 bits per heavy atom. The number of aromatic nitrogens is 2. The van der Waals surface area contributed by atoms with E-state index in [2.05, 4.69) is 10.1 Å². The van der Waals surface area contributed by atoms with Crippen LogP contribution in [0.4, 0.5) is 5.69 Å². The predicted molar refractivity (Wildman–Crippen MR) is 96.6 cm³/mol. The topological polar surface area (TPSA) is 99.6 Å². The summed E-state index contributed by atoms with van der Waals surface area (Å²) >= 11 is 0. The molecule has 1 aliphatic carbocycles. The number of ketones is 1. The minimum absolute atomic E-state index is 0.0166. The second-order valence-corrected chi connectivity index (χ2v) is 6.06. The molecule has 0 spiro atoms. The summed E-state index contributed by atoms with van der Waals surface area (Å²) in [6.07, 6.45) is 1.57. The molecule has 0 unspecified atom stereocenters. The van der Waals surface area contributed by atoms with Gasteiger partial charge in [0.15, 0.2) is 0 Å². The van der Waals surface area contributed by atoms with Gasteiger partial charge in [-0.1, -0.05) is 29.4 Å². The van der Waals surface area contributed by atoms with Crippen molar-refractivity contribution in [2.24, 2.45) is 12.2 Å². The molecule has 0 radical (unpaired) electrons. The van der Waals surface area contributed by atoms with Crippen LogP contribution in [0.5, 0.6) is 0 Å². The van der Waals surface area contributed by atoms with Crippen LogP contribution in [0, 0.1) is 10.1 Å². The summed E-state index contributed by atoms with van der Waals surface area (Å²) in [6, 6.07) is 13.2. The van der Waals surface area contributed by atoms with Crippen LogP contribution < -0.4 is 0 Å². The van der Waals surface area contributed by atoms with Gasteiger partial charge in [0.25, 0.3) is 5.69 Å². The zero-order valence-corrected chi connectivity index (χ0v) is 14.3. The van der Waals surface area contributed by atoms with Crippen LogP contribution in [0.15, 0.2) is 60.0 Å². The van der Waals surface area contributed by atoms with Crippen molar-refractivity contribution in [3.63, 3.8) is 0 Å². The smallest absolute Gasteiger partial charge is 0.269 e. The van der Waals surface area contributed by atoms with Crippen molar-refractivity contribution in [2.75, 3.05) is 0 Å². The van der Waals surface area contributed by atoms with Crippen LogP contribution in [0.2, 0.25) is 0 Å². The van der Waals surface area contributed by atoms with Gasteiger partial charge in [0.1, 0.15) is 23.7 Å². The first-order valence-corrected chi connectivity index (χ1v) is 8.15. The van der Waals surface area contributed by atoms with E-state index in [1.807, 2.05) is 6.07 Å². The molecule has 0 N–H and O–H groups in total. The highest BCUT2D eigenvalue weighted by Crippen LogP contribution is 2.27. The Bertz CT molecular complexity index is 1080. The molecule has 8 nitrogen and oxygen atoms in total. The first-order chi connectivity index (χ1) is 13.1. The second kappa shape index (κ2) is 6.49. The van der Waals surface area contributed by atoms with E-state index in [4.69, 9.17) is 4.84 Å². The van der Waals surface area contributed by atoms with E-state index < -0.39 is 4.92 Å². The summed E-state index contributed by atoms with van der Waals surface area (Å²) in [7, 11) is 1.76. The predicted octanol–water partition coefficient (Wildman–Crippen LogP) is 2.84. The number of nitro benzene ring substituents is 1. The highest BCUT2D eigenvalue weighted by Gasteiger charge is 2.32. The number of nitrogens with zero attached hydrogens (tertiary/aromatic N) is 4. The van der Waals surface area contributed by atoms with Gasteiger partial charge in [-0.2, -0.15) is 0 Å². The van der Waals surface area contributed by atoms with Gasteiger partial charge in [0, 0.05) is 30.3 Å². The highest BCUT2D eigenvalue weighted by molar-refractivity contribution is 6.28. The van der Waals surface area contributed by atoms with Crippen LogP contribution in [0.1, 0.15) is 32.9 Å². The fourth-order valence-electron chi connectivity index (χ4n) is 2.99. The number of imidazole rings is 1. The Morgan fingerprint density at radius 2 is 1.85 bits per heavy atom. The molecule has 0 atom stereocenters. The highest BCUT2D eigenvalue weighted by atomic mass is 16.6. The van der Waals surface area contributed by atoms with Crippen molar-refractivity contribution >= 4 is 17.2 Å². The van der Waals surface area contributed by atoms with E-state index in [1.165, 1.54) is 12.1 Å². The van der Waals surface area contributed by atoms with Crippen molar-refractivity contribution in [1.29, 1.82) is 0 Å². The average Bonchev–Trinajstić information content (AvgIpc) is 3.06. The van der Waals surface area contributed by atoms with Crippen molar-refractivity contribution in [2.45, 2.75) is 6.61 Å². The van der Waals surface area contributed by atoms with Gasteiger partial charge in [0.05, 0.1) is 11.3 Å². The molecular weight excluding hydrogens is 348 g/mol. The van der Waals surface area contributed by atoms with Gasteiger partial charge in [-0.3, -0.25) is 14.9 Å². The van der Waals surface area contributed by atoms with Crippen LogP contribution in [0.25, 0.3) is 0 Å². The fourth-order valence-corrected chi connectivity index (χ4v) is 2.99. The molecule has 0 aliphatic heterocycles. The van der Waals surface area contributed by atoms with Gasteiger partial charge < -0.3 is 9.40 Å². The van der Waals surface area contributed by atoms with E-state index in [0.29, 0.717) is 28.2 Å². The Morgan fingerprint density at radius 3 is 2.56 bits per heavy atom. The third kappa shape index (κ3) is 2.86. The quantitative estimate of drug-likeness (QED) is 0.410. The summed E-state index contributed by atoms with van der Waals surface area (Å²) in [5, 5.41) is 14.9. The molecule has 0 saturated carbocycles. The Labute approximate surface area is 153 Å². The molecule has 0 fully saturated rings. The number of benzene rings is 2. The number of fused-ring (bicyclic) bond motifs is 2. The first-order valence-electron chi connectivity index (χ1n) is 8.15. The normalized spacial score (nSPS) is 14.0. The molecule has 4 rings (SSSR count). The van der Waals surface area contributed by atoms with Gasteiger partial charge >= 0.3 is 0 Å². The minimum atomic E-state index is -0.455. The monoisotopic (exact) mass is 362 g/mol. The second-order valence-electron chi connectivity index (χ2n) is 6.06. The fraction of sp³-hybridized carbons (Fsp3) is 0.105. The lowest BCUT2D eigenvalue weighted by Gasteiger charge is -2.17. The van der Waals surface area contributed by atoms with Gasteiger partial charge in [-0.05, 0) is 17.7 Å². The van der Waals surface area contributed by atoms with E-state index in [9.17, 15) is 14.9 Å². The molecule has 134 valence electrons. The van der Waals surface area contributed by atoms with E-state index in [-0.39, 0.29) is 18.1 Å². The molecule has 3 aromatic rings. The maximum atomic E-state index is 12.7. The van der Waals surface area contributed by atoms with E-state index in [1.54, 1.807) is 48.3 Å². The number of rotatable bonds is 4. The number of carbonyl (C=O) groups is 1. The van der Waals surface area contributed by atoms with Gasteiger partial charge in [0.2, 0.25) is 5.78 Å². The molecule has 27 heavy (non-hydrogen) atoms. The van der Waals surface area contributed by atoms with Crippen LogP contribution in [-0.2, 0) is 18.5 Å². The molecule has 1 aliphatic rings.